The molecule has 1 aromatic rings. The van der Waals surface area contributed by atoms with Crippen LogP contribution in [0, 0.1) is 0 Å². The zero-order valence-electron chi connectivity index (χ0n) is 13.2. The van der Waals surface area contributed by atoms with Crippen molar-refractivity contribution in [1.29, 1.82) is 0 Å². The Kier molecular flexibility index (Phi) is 5.79. The third kappa shape index (κ3) is 3.84. The molecule has 20 heavy (non-hydrogen) atoms. The summed E-state index contributed by atoms with van der Waals surface area (Å²) in [5, 5.41) is 3.25. The maximum absolute atomic E-state index is 12.6. The first-order valence-electron chi connectivity index (χ1n) is 7.12. The van der Waals surface area contributed by atoms with Crippen molar-refractivity contribution >= 4 is 10.0 Å². The molecule has 0 bridgehead atoms. The minimum absolute atomic E-state index is 0.329. The first kappa shape index (κ1) is 17.2. The molecule has 0 spiro atoms. The van der Waals surface area contributed by atoms with Crippen LogP contribution in [0.1, 0.15) is 46.2 Å². The minimum atomic E-state index is -3.44. The summed E-state index contributed by atoms with van der Waals surface area (Å²) in [6.07, 6.45) is 3.39. The second-order valence-corrected chi connectivity index (χ2v) is 7.65. The van der Waals surface area contributed by atoms with E-state index in [4.69, 9.17) is 0 Å². The number of sulfonamides is 1. The van der Waals surface area contributed by atoms with Gasteiger partial charge >= 0.3 is 0 Å². The van der Waals surface area contributed by atoms with Crippen molar-refractivity contribution in [3.63, 3.8) is 0 Å². The second-order valence-electron chi connectivity index (χ2n) is 5.68. The maximum atomic E-state index is 12.6. The van der Waals surface area contributed by atoms with E-state index in [0.29, 0.717) is 11.4 Å². The van der Waals surface area contributed by atoms with Gasteiger partial charge in [0.05, 0.1) is 4.90 Å². The van der Waals surface area contributed by atoms with Gasteiger partial charge in [-0.15, -0.1) is 0 Å². The van der Waals surface area contributed by atoms with Gasteiger partial charge in [-0.05, 0) is 39.3 Å². The van der Waals surface area contributed by atoms with E-state index in [1.807, 2.05) is 20.8 Å². The van der Waals surface area contributed by atoms with E-state index in [-0.39, 0.29) is 0 Å². The van der Waals surface area contributed by atoms with Crippen molar-refractivity contribution in [2.45, 2.75) is 57.5 Å². The fourth-order valence-corrected chi connectivity index (χ4v) is 3.37. The number of hydrogen-bond acceptors (Lipinski definition) is 3. The topological polar surface area (TPSA) is 65.2 Å². The predicted octanol–water partition coefficient (Wildman–Crippen LogP) is 2.32. The smallest absolute Gasteiger partial charge is 0.244 e. The summed E-state index contributed by atoms with van der Waals surface area (Å²) in [5.74, 6) is 0. The van der Waals surface area contributed by atoms with Crippen LogP contribution in [0.2, 0.25) is 0 Å². The quantitative estimate of drug-likeness (QED) is 0.724. The Bertz CT molecular complexity index is 520. The molecule has 0 aliphatic carbocycles. The van der Waals surface area contributed by atoms with Crippen molar-refractivity contribution in [3.05, 3.63) is 18.0 Å². The SMILES string of the molecule is CCCNCc1cc(S(=O)(=O)N(C)C(C)(C)CC)c[nH]1. The largest absolute Gasteiger partial charge is 0.363 e. The fraction of sp³-hybridized carbons (Fsp3) is 0.714. The van der Waals surface area contributed by atoms with E-state index < -0.39 is 15.6 Å². The van der Waals surface area contributed by atoms with Crippen molar-refractivity contribution < 1.29 is 8.42 Å². The average molecular weight is 301 g/mol. The molecular formula is C14H27N3O2S. The number of rotatable bonds is 8. The monoisotopic (exact) mass is 301 g/mol. The molecular weight excluding hydrogens is 274 g/mol. The highest BCUT2D eigenvalue weighted by Crippen LogP contribution is 2.25. The number of hydrogen-bond donors (Lipinski definition) is 2. The number of aromatic nitrogens is 1. The first-order chi connectivity index (χ1) is 9.25. The van der Waals surface area contributed by atoms with Crippen LogP contribution < -0.4 is 5.32 Å². The van der Waals surface area contributed by atoms with Crippen molar-refractivity contribution in [2.75, 3.05) is 13.6 Å². The van der Waals surface area contributed by atoms with E-state index in [9.17, 15) is 8.42 Å². The molecule has 1 heterocycles. The molecule has 116 valence electrons. The van der Waals surface area contributed by atoms with Gasteiger partial charge in [-0.3, -0.25) is 0 Å². The lowest BCUT2D eigenvalue weighted by molar-refractivity contribution is 0.257. The van der Waals surface area contributed by atoms with E-state index in [1.165, 1.54) is 4.31 Å². The molecule has 5 nitrogen and oxygen atoms in total. The third-order valence-electron chi connectivity index (χ3n) is 3.83. The molecule has 0 aliphatic heterocycles. The van der Waals surface area contributed by atoms with Crippen LogP contribution >= 0.6 is 0 Å². The van der Waals surface area contributed by atoms with Crippen molar-refractivity contribution in [3.8, 4) is 0 Å². The van der Waals surface area contributed by atoms with Gasteiger partial charge < -0.3 is 10.3 Å². The standard InChI is InChI=1S/C14H27N3O2S/c1-6-8-15-10-12-9-13(11-16-12)20(18,19)17(5)14(3,4)7-2/h9,11,15-16H,6-8,10H2,1-5H3. The lowest BCUT2D eigenvalue weighted by Crippen LogP contribution is -2.44. The number of aromatic amines is 1. The van der Waals surface area contributed by atoms with Gasteiger partial charge in [0.1, 0.15) is 0 Å². The van der Waals surface area contributed by atoms with Crippen molar-refractivity contribution in [1.82, 2.24) is 14.6 Å². The lowest BCUT2D eigenvalue weighted by atomic mass is 10.0. The number of nitrogens with zero attached hydrogens (tertiary/aromatic N) is 1. The zero-order valence-corrected chi connectivity index (χ0v) is 14.0. The Morgan fingerprint density at radius 3 is 2.55 bits per heavy atom. The molecule has 0 fully saturated rings. The fourth-order valence-electron chi connectivity index (χ4n) is 1.78. The highest BCUT2D eigenvalue weighted by molar-refractivity contribution is 7.89. The van der Waals surface area contributed by atoms with E-state index in [2.05, 4.69) is 17.2 Å². The summed E-state index contributed by atoms with van der Waals surface area (Å²) in [4.78, 5) is 3.36. The summed E-state index contributed by atoms with van der Waals surface area (Å²) >= 11 is 0. The second kappa shape index (κ2) is 6.74. The van der Waals surface area contributed by atoms with Crippen LogP contribution in [0.5, 0.6) is 0 Å². The number of H-pyrrole nitrogens is 1. The Morgan fingerprint density at radius 2 is 2.00 bits per heavy atom. The first-order valence-corrected chi connectivity index (χ1v) is 8.56. The van der Waals surface area contributed by atoms with Crippen LogP contribution in [0.15, 0.2) is 17.2 Å². The lowest BCUT2D eigenvalue weighted by Gasteiger charge is -2.33. The van der Waals surface area contributed by atoms with Crippen LogP contribution in [0.25, 0.3) is 0 Å². The Balaban J connectivity index is 2.88. The van der Waals surface area contributed by atoms with Gasteiger partial charge in [0, 0.05) is 31.0 Å². The normalized spacial score (nSPS) is 13.1. The van der Waals surface area contributed by atoms with Crippen LogP contribution in [0.4, 0.5) is 0 Å². The molecule has 0 aromatic carbocycles. The van der Waals surface area contributed by atoms with Crippen LogP contribution in [-0.4, -0.2) is 36.8 Å². The zero-order chi connectivity index (χ0) is 15.4. The highest BCUT2D eigenvalue weighted by Gasteiger charge is 2.33. The van der Waals surface area contributed by atoms with Crippen LogP contribution in [0.3, 0.4) is 0 Å². The third-order valence-corrected chi connectivity index (χ3v) is 5.88. The van der Waals surface area contributed by atoms with Gasteiger partial charge in [-0.1, -0.05) is 13.8 Å². The van der Waals surface area contributed by atoms with Gasteiger partial charge in [-0.2, -0.15) is 4.31 Å². The van der Waals surface area contributed by atoms with Gasteiger partial charge in [-0.25, -0.2) is 8.42 Å². The van der Waals surface area contributed by atoms with Crippen molar-refractivity contribution in [2.24, 2.45) is 0 Å². The summed E-state index contributed by atoms with van der Waals surface area (Å²) in [6.45, 7) is 9.53. The molecule has 0 amide bonds. The Hall–Kier alpha value is -0.850. The number of nitrogens with one attached hydrogen (secondary N) is 2. The molecule has 1 rings (SSSR count). The minimum Gasteiger partial charge on any atom is -0.363 e. The Morgan fingerprint density at radius 1 is 1.35 bits per heavy atom. The van der Waals surface area contributed by atoms with Gasteiger partial charge in [0.2, 0.25) is 10.0 Å². The van der Waals surface area contributed by atoms with E-state index >= 15 is 0 Å². The molecule has 2 N–H and O–H groups in total. The average Bonchev–Trinajstić information content (AvgIpc) is 2.87. The molecule has 1 aromatic heterocycles. The highest BCUT2D eigenvalue weighted by atomic mass is 32.2. The molecule has 0 saturated carbocycles. The molecule has 0 atom stereocenters. The maximum Gasteiger partial charge on any atom is 0.244 e. The predicted molar refractivity (Wildman–Crippen MR) is 82.1 cm³/mol. The molecule has 0 radical (unpaired) electrons. The molecule has 0 aliphatic rings. The van der Waals surface area contributed by atoms with E-state index in [1.54, 1.807) is 19.3 Å². The Labute approximate surface area is 122 Å². The summed E-state index contributed by atoms with van der Waals surface area (Å²) < 4.78 is 26.6. The molecule has 0 unspecified atom stereocenters. The summed E-state index contributed by atoms with van der Waals surface area (Å²) in [7, 11) is -1.80. The summed E-state index contributed by atoms with van der Waals surface area (Å²) in [5.41, 5.74) is 0.497. The summed E-state index contributed by atoms with van der Waals surface area (Å²) in [6, 6.07) is 1.71. The van der Waals surface area contributed by atoms with Gasteiger partial charge in [0.25, 0.3) is 0 Å². The van der Waals surface area contributed by atoms with Gasteiger partial charge in [0.15, 0.2) is 0 Å². The van der Waals surface area contributed by atoms with Crippen LogP contribution in [-0.2, 0) is 16.6 Å². The molecule has 0 saturated heterocycles. The molecule has 6 heteroatoms. The van der Waals surface area contributed by atoms with E-state index in [0.717, 1.165) is 25.1 Å².